The van der Waals surface area contributed by atoms with E-state index in [1.54, 1.807) is 0 Å². The van der Waals surface area contributed by atoms with Crippen molar-refractivity contribution < 1.29 is 0 Å². The van der Waals surface area contributed by atoms with Gasteiger partial charge in [-0.3, -0.25) is 4.68 Å². The number of benzene rings is 1. The summed E-state index contributed by atoms with van der Waals surface area (Å²) in [5, 5.41) is 8.84. The molecule has 6 heteroatoms. The van der Waals surface area contributed by atoms with Gasteiger partial charge in [0.2, 0.25) is 5.95 Å². The highest BCUT2D eigenvalue weighted by Crippen LogP contribution is 2.27. The van der Waals surface area contributed by atoms with Gasteiger partial charge in [-0.1, -0.05) is 26.0 Å². The molecule has 1 N–H and O–H groups in total. The number of para-hydroxylation sites is 1. The average Bonchev–Trinajstić information content (AvgIpc) is 3.06. The van der Waals surface area contributed by atoms with Gasteiger partial charge in [-0.25, -0.2) is 4.98 Å². The van der Waals surface area contributed by atoms with Crippen LogP contribution in [0.15, 0.2) is 30.3 Å². The quantitative estimate of drug-likeness (QED) is 0.660. The van der Waals surface area contributed by atoms with Gasteiger partial charge in [-0.05, 0) is 63.1 Å². The smallest absolute Gasteiger partial charge is 0.225 e. The van der Waals surface area contributed by atoms with Crippen molar-refractivity contribution in [1.29, 1.82) is 0 Å². The summed E-state index contributed by atoms with van der Waals surface area (Å²) in [5.41, 5.74) is 3.41. The van der Waals surface area contributed by atoms with Gasteiger partial charge in [0.05, 0.1) is 11.2 Å². The van der Waals surface area contributed by atoms with Gasteiger partial charge < -0.3 is 10.2 Å². The first-order valence-electron chi connectivity index (χ1n) is 11.1. The van der Waals surface area contributed by atoms with Crippen LogP contribution >= 0.6 is 0 Å². The van der Waals surface area contributed by atoms with E-state index in [1.165, 1.54) is 31.4 Å². The molecule has 1 saturated carbocycles. The molecule has 0 bridgehead atoms. The number of anilines is 2. The minimum absolute atomic E-state index is 0.511. The molecule has 6 nitrogen and oxygen atoms in total. The highest BCUT2D eigenvalue weighted by Gasteiger charge is 2.19. The number of fused-ring (bicyclic) bond motifs is 1. The predicted molar refractivity (Wildman–Crippen MR) is 126 cm³/mol. The monoisotopic (exact) mass is 408 g/mol. The summed E-state index contributed by atoms with van der Waals surface area (Å²) < 4.78 is 1.93. The first kappa shape index (κ1) is 22.1. The summed E-state index contributed by atoms with van der Waals surface area (Å²) in [5.74, 6) is 2.60. The molecule has 0 saturated heterocycles. The molecule has 2 aromatic heterocycles. The minimum Gasteiger partial charge on any atom is -0.362 e. The maximum atomic E-state index is 4.72. The molecule has 0 atom stereocenters. The van der Waals surface area contributed by atoms with Crippen LogP contribution in [0.2, 0.25) is 0 Å². The third-order valence-corrected chi connectivity index (χ3v) is 5.82. The lowest BCUT2D eigenvalue weighted by Crippen LogP contribution is -2.26. The molecule has 1 fully saturated rings. The van der Waals surface area contributed by atoms with E-state index >= 15 is 0 Å². The molecule has 0 unspecified atom stereocenters. The van der Waals surface area contributed by atoms with Crippen LogP contribution in [-0.2, 0) is 13.5 Å². The number of nitrogens with zero attached hydrogens (tertiary/aromatic N) is 5. The SMILES string of the molecule is CC1CCC(Nc2nc(N(C)C)c3ccccc3n2)CC1.CCc1cc(C)nn1C. The van der Waals surface area contributed by atoms with Crippen molar-refractivity contribution in [1.82, 2.24) is 19.7 Å². The van der Waals surface area contributed by atoms with Crippen LogP contribution in [0.25, 0.3) is 10.9 Å². The fraction of sp³-hybridized carbons (Fsp3) is 0.542. The molecule has 1 aromatic carbocycles. The fourth-order valence-corrected chi connectivity index (χ4v) is 4.05. The maximum absolute atomic E-state index is 4.72. The Morgan fingerprint density at radius 1 is 1.10 bits per heavy atom. The molecule has 30 heavy (non-hydrogen) atoms. The van der Waals surface area contributed by atoms with E-state index in [-0.39, 0.29) is 0 Å². The van der Waals surface area contributed by atoms with Crippen LogP contribution in [0.1, 0.15) is 50.9 Å². The van der Waals surface area contributed by atoms with Gasteiger partial charge >= 0.3 is 0 Å². The molecule has 0 aliphatic heterocycles. The Hall–Kier alpha value is -2.63. The van der Waals surface area contributed by atoms with E-state index in [2.05, 4.69) is 52.3 Å². The van der Waals surface area contributed by atoms with Crippen LogP contribution in [0.4, 0.5) is 11.8 Å². The molecule has 1 aliphatic rings. The fourth-order valence-electron chi connectivity index (χ4n) is 4.05. The summed E-state index contributed by atoms with van der Waals surface area (Å²) in [4.78, 5) is 11.5. The van der Waals surface area contributed by atoms with Crippen molar-refractivity contribution in [2.45, 2.75) is 58.9 Å². The molecule has 2 heterocycles. The van der Waals surface area contributed by atoms with Crippen LogP contribution < -0.4 is 10.2 Å². The molecule has 0 radical (unpaired) electrons. The maximum Gasteiger partial charge on any atom is 0.225 e. The van der Waals surface area contributed by atoms with Gasteiger partial charge in [-0.15, -0.1) is 0 Å². The lowest BCUT2D eigenvalue weighted by molar-refractivity contribution is 0.360. The zero-order valence-electron chi connectivity index (χ0n) is 19.3. The second-order valence-corrected chi connectivity index (χ2v) is 8.64. The van der Waals surface area contributed by atoms with Gasteiger partial charge in [0.25, 0.3) is 0 Å². The zero-order chi connectivity index (χ0) is 21.7. The number of hydrogen-bond donors (Lipinski definition) is 1. The summed E-state index contributed by atoms with van der Waals surface area (Å²) >= 11 is 0. The van der Waals surface area contributed by atoms with Crippen molar-refractivity contribution in [3.05, 3.63) is 41.7 Å². The molecule has 0 spiro atoms. The van der Waals surface area contributed by atoms with Crippen LogP contribution in [0.5, 0.6) is 0 Å². The molecule has 4 rings (SSSR count). The Kier molecular flexibility index (Phi) is 7.29. The van der Waals surface area contributed by atoms with Crippen molar-refractivity contribution >= 4 is 22.7 Å². The van der Waals surface area contributed by atoms with E-state index in [4.69, 9.17) is 4.98 Å². The first-order chi connectivity index (χ1) is 14.4. The molecular weight excluding hydrogens is 372 g/mol. The normalized spacial score (nSPS) is 18.6. The Morgan fingerprint density at radius 2 is 1.80 bits per heavy atom. The second-order valence-electron chi connectivity index (χ2n) is 8.64. The van der Waals surface area contributed by atoms with Crippen LogP contribution in [-0.4, -0.2) is 39.9 Å². The summed E-state index contributed by atoms with van der Waals surface area (Å²) in [6.45, 7) is 6.49. The van der Waals surface area contributed by atoms with Gasteiger partial charge in [-0.2, -0.15) is 10.1 Å². The van der Waals surface area contributed by atoms with Gasteiger partial charge in [0.15, 0.2) is 0 Å². The number of hydrogen-bond acceptors (Lipinski definition) is 5. The molecular formula is C24H36N6. The molecule has 162 valence electrons. The summed E-state index contributed by atoms with van der Waals surface area (Å²) in [6.07, 6.45) is 6.10. The second kappa shape index (κ2) is 9.92. The number of aromatic nitrogens is 4. The standard InChI is InChI=1S/C17H24N4.C7H12N2/c1-12-8-10-13(11-9-12)18-17-19-15-7-5-4-6-14(15)16(20-17)21(2)3;1-4-7-5-6(2)8-9(7)3/h4-7,12-13H,8-11H2,1-3H3,(H,18,19,20);5H,4H2,1-3H3. The zero-order valence-corrected chi connectivity index (χ0v) is 19.3. The Labute approximate surface area is 180 Å². The Bertz CT molecular complexity index is 953. The van der Waals surface area contributed by atoms with Gasteiger partial charge in [0, 0.05) is 38.3 Å². The van der Waals surface area contributed by atoms with Crippen LogP contribution in [0.3, 0.4) is 0 Å². The largest absolute Gasteiger partial charge is 0.362 e. The minimum atomic E-state index is 0.511. The molecule has 0 amide bonds. The number of nitrogens with one attached hydrogen (secondary N) is 1. The van der Waals surface area contributed by atoms with Gasteiger partial charge in [0.1, 0.15) is 5.82 Å². The van der Waals surface area contributed by atoms with E-state index in [0.29, 0.717) is 6.04 Å². The van der Waals surface area contributed by atoms with Crippen molar-refractivity contribution in [2.24, 2.45) is 13.0 Å². The lowest BCUT2D eigenvalue weighted by atomic mass is 9.87. The summed E-state index contributed by atoms with van der Waals surface area (Å²) in [7, 11) is 6.04. The van der Waals surface area contributed by atoms with E-state index < -0.39 is 0 Å². The highest BCUT2D eigenvalue weighted by molar-refractivity contribution is 5.90. The Morgan fingerprint density at radius 3 is 2.37 bits per heavy atom. The van der Waals surface area contributed by atoms with E-state index in [1.807, 2.05) is 44.9 Å². The molecule has 1 aliphatic carbocycles. The average molecular weight is 409 g/mol. The van der Waals surface area contributed by atoms with Crippen LogP contribution in [0, 0.1) is 12.8 Å². The number of rotatable bonds is 4. The topological polar surface area (TPSA) is 58.9 Å². The highest BCUT2D eigenvalue weighted by atomic mass is 15.3. The third kappa shape index (κ3) is 5.49. The van der Waals surface area contributed by atoms with Crippen molar-refractivity contribution in [3.8, 4) is 0 Å². The van der Waals surface area contributed by atoms with E-state index in [9.17, 15) is 0 Å². The van der Waals surface area contributed by atoms with Crippen molar-refractivity contribution in [3.63, 3.8) is 0 Å². The predicted octanol–water partition coefficient (Wildman–Crippen LogP) is 4.98. The summed E-state index contributed by atoms with van der Waals surface area (Å²) in [6, 6.07) is 10.8. The molecule has 3 aromatic rings. The first-order valence-corrected chi connectivity index (χ1v) is 11.1. The number of aryl methyl sites for hydroxylation is 3. The lowest BCUT2D eigenvalue weighted by Gasteiger charge is -2.27. The Balaban J connectivity index is 0.000000239. The van der Waals surface area contributed by atoms with Crippen molar-refractivity contribution in [2.75, 3.05) is 24.3 Å². The van der Waals surface area contributed by atoms with E-state index in [0.717, 1.165) is 40.7 Å². The third-order valence-electron chi connectivity index (χ3n) is 5.82.